The molecule has 0 aliphatic rings. The Bertz CT molecular complexity index is 872. The van der Waals surface area contributed by atoms with E-state index in [9.17, 15) is 4.79 Å². The second-order valence-corrected chi connectivity index (χ2v) is 5.86. The van der Waals surface area contributed by atoms with Crippen molar-refractivity contribution in [3.8, 4) is 11.5 Å². The smallest absolute Gasteiger partial charge is 0.255 e. The van der Waals surface area contributed by atoms with Crippen LogP contribution in [0, 0.1) is 6.92 Å². The number of hydrogen-bond acceptors (Lipinski definition) is 2. The fraction of sp³-hybridized carbons (Fsp3) is 0.136. The van der Waals surface area contributed by atoms with Crippen molar-refractivity contribution in [3.63, 3.8) is 0 Å². The summed E-state index contributed by atoms with van der Waals surface area (Å²) in [6.45, 7) is 4.09. The molecule has 0 saturated heterocycles. The molecule has 3 nitrogen and oxygen atoms in total. The van der Waals surface area contributed by atoms with Crippen LogP contribution in [-0.2, 0) is 6.42 Å². The zero-order valence-electron chi connectivity index (χ0n) is 14.5. The van der Waals surface area contributed by atoms with E-state index < -0.39 is 0 Å². The average molecular weight is 331 g/mol. The molecule has 0 aliphatic heterocycles. The number of carbonyl (C=O) groups excluding carboxylic acids is 1. The van der Waals surface area contributed by atoms with Gasteiger partial charge in [0, 0.05) is 11.3 Å². The largest absolute Gasteiger partial charge is 0.457 e. The van der Waals surface area contributed by atoms with Gasteiger partial charge < -0.3 is 10.1 Å². The molecule has 3 aromatic carbocycles. The molecular weight excluding hydrogens is 310 g/mol. The normalized spacial score (nSPS) is 10.3. The fourth-order valence-electron chi connectivity index (χ4n) is 2.71. The zero-order valence-corrected chi connectivity index (χ0v) is 14.5. The molecule has 0 atom stereocenters. The SMILES string of the molecule is CCc1cccc(C)c1NC(=O)c1cccc(Oc2ccccc2)c1. The van der Waals surface area contributed by atoms with Crippen LogP contribution in [0.25, 0.3) is 0 Å². The first-order valence-electron chi connectivity index (χ1n) is 8.40. The molecule has 0 aliphatic carbocycles. The van der Waals surface area contributed by atoms with Gasteiger partial charge in [-0.1, -0.05) is 49.4 Å². The Labute approximate surface area is 148 Å². The number of amides is 1. The summed E-state index contributed by atoms with van der Waals surface area (Å²) in [6.07, 6.45) is 0.869. The van der Waals surface area contributed by atoms with E-state index >= 15 is 0 Å². The lowest BCUT2D eigenvalue weighted by Crippen LogP contribution is -2.14. The Morgan fingerprint density at radius 3 is 2.40 bits per heavy atom. The van der Waals surface area contributed by atoms with Crippen LogP contribution in [0.4, 0.5) is 5.69 Å². The highest BCUT2D eigenvalue weighted by Gasteiger charge is 2.11. The molecule has 0 unspecified atom stereocenters. The Balaban J connectivity index is 1.80. The van der Waals surface area contributed by atoms with Crippen molar-refractivity contribution in [1.82, 2.24) is 0 Å². The summed E-state index contributed by atoms with van der Waals surface area (Å²) in [5, 5.41) is 3.04. The molecule has 126 valence electrons. The summed E-state index contributed by atoms with van der Waals surface area (Å²) in [7, 11) is 0. The van der Waals surface area contributed by atoms with Crippen molar-refractivity contribution in [2.45, 2.75) is 20.3 Å². The minimum atomic E-state index is -0.137. The van der Waals surface area contributed by atoms with Crippen LogP contribution in [0.3, 0.4) is 0 Å². The second kappa shape index (κ2) is 7.67. The summed E-state index contributed by atoms with van der Waals surface area (Å²) < 4.78 is 5.81. The van der Waals surface area contributed by atoms with E-state index in [0.29, 0.717) is 11.3 Å². The topological polar surface area (TPSA) is 38.3 Å². The molecule has 3 heteroatoms. The molecule has 0 fully saturated rings. The Kier molecular flexibility index (Phi) is 5.14. The van der Waals surface area contributed by atoms with Crippen molar-refractivity contribution >= 4 is 11.6 Å². The third kappa shape index (κ3) is 4.07. The number of benzene rings is 3. The van der Waals surface area contributed by atoms with Crippen LogP contribution in [0.5, 0.6) is 11.5 Å². The lowest BCUT2D eigenvalue weighted by atomic mass is 10.1. The highest BCUT2D eigenvalue weighted by Crippen LogP contribution is 2.24. The third-order valence-electron chi connectivity index (χ3n) is 4.05. The third-order valence-corrected chi connectivity index (χ3v) is 4.05. The van der Waals surface area contributed by atoms with Gasteiger partial charge in [-0.25, -0.2) is 0 Å². The van der Waals surface area contributed by atoms with Crippen molar-refractivity contribution in [3.05, 3.63) is 89.5 Å². The summed E-state index contributed by atoms with van der Waals surface area (Å²) >= 11 is 0. The molecule has 1 amide bonds. The number of anilines is 1. The first kappa shape index (κ1) is 16.8. The molecule has 3 aromatic rings. The molecule has 25 heavy (non-hydrogen) atoms. The highest BCUT2D eigenvalue weighted by molar-refractivity contribution is 6.05. The van der Waals surface area contributed by atoms with Gasteiger partial charge >= 0.3 is 0 Å². The van der Waals surface area contributed by atoms with Gasteiger partial charge in [0.2, 0.25) is 0 Å². The van der Waals surface area contributed by atoms with Gasteiger partial charge in [-0.3, -0.25) is 4.79 Å². The standard InChI is InChI=1S/C22H21NO2/c1-3-17-10-7-9-16(2)21(17)23-22(24)18-11-8-14-20(15-18)25-19-12-5-4-6-13-19/h4-15H,3H2,1-2H3,(H,23,24). The first-order chi connectivity index (χ1) is 12.2. The van der Waals surface area contributed by atoms with Gasteiger partial charge in [-0.15, -0.1) is 0 Å². The van der Waals surface area contributed by atoms with Crippen molar-refractivity contribution in [2.75, 3.05) is 5.32 Å². The van der Waals surface area contributed by atoms with Gasteiger partial charge in [0.1, 0.15) is 11.5 Å². The van der Waals surface area contributed by atoms with Gasteiger partial charge in [0.25, 0.3) is 5.91 Å². The van der Waals surface area contributed by atoms with E-state index in [4.69, 9.17) is 4.74 Å². The van der Waals surface area contributed by atoms with Crippen LogP contribution < -0.4 is 10.1 Å². The second-order valence-electron chi connectivity index (χ2n) is 5.86. The molecule has 0 spiro atoms. The maximum atomic E-state index is 12.7. The van der Waals surface area contributed by atoms with E-state index in [0.717, 1.165) is 29.0 Å². The Morgan fingerprint density at radius 1 is 0.920 bits per heavy atom. The number of aryl methyl sites for hydroxylation is 2. The van der Waals surface area contributed by atoms with Crippen molar-refractivity contribution in [2.24, 2.45) is 0 Å². The lowest BCUT2D eigenvalue weighted by Gasteiger charge is -2.13. The highest BCUT2D eigenvalue weighted by atomic mass is 16.5. The number of para-hydroxylation sites is 2. The number of nitrogens with one attached hydrogen (secondary N) is 1. The average Bonchev–Trinajstić information content (AvgIpc) is 2.64. The minimum Gasteiger partial charge on any atom is -0.457 e. The van der Waals surface area contributed by atoms with Crippen molar-refractivity contribution in [1.29, 1.82) is 0 Å². The molecule has 0 aromatic heterocycles. The van der Waals surface area contributed by atoms with Crippen LogP contribution in [0.1, 0.15) is 28.4 Å². The zero-order chi connectivity index (χ0) is 17.6. The summed E-state index contributed by atoms with van der Waals surface area (Å²) in [5.41, 5.74) is 3.65. The monoisotopic (exact) mass is 331 g/mol. The molecule has 0 saturated carbocycles. The van der Waals surface area contributed by atoms with E-state index in [1.807, 2.05) is 67.6 Å². The molecule has 0 bridgehead atoms. The maximum Gasteiger partial charge on any atom is 0.255 e. The van der Waals surface area contributed by atoms with Crippen LogP contribution in [0.2, 0.25) is 0 Å². The predicted molar refractivity (Wildman–Crippen MR) is 101 cm³/mol. The van der Waals surface area contributed by atoms with Crippen molar-refractivity contribution < 1.29 is 9.53 Å². The molecular formula is C22H21NO2. The van der Waals surface area contributed by atoms with Crippen LogP contribution >= 0.6 is 0 Å². The quantitative estimate of drug-likeness (QED) is 0.660. The number of hydrogen-bond donors (Lipinski definition) is 1. The van der Waals surface area contributed by atoms with Crippen LogP contribution in [-0.4, -0.2) is 5.91 Å². The molecule has 3 rings (SSSR count). The number of rotatable bonds is 5. The summed E-state index contributed by atoms with van der Waals surface area (Å²) in [6, 6.07) is 22.8. The first-order valence-corrected chi connectivity index (χ1v) is 8.40. The Morgan fingerprint density at radius 2 is 1.64 bits per heavy atom. The predicted octanol–water partition coefficient (Wildman–Crippen LogP) is 5.60. The van der Waals surface area contributed by atoms with Gasteiger partial charge in [0.15, 0.2) is 0 Å². The van der Waals surface area contributed by atoms with E-state index in [-0.39, 0.29) is 5.91 Å². The van der Waals surface area contributed by atoms with Gasteiger partial charge in [-0.05, 0) is 54.8 Å². The summed E-state index contributed by atoms with van der Waals surface area (Å²) in [4.78, 5) is 12.7. The minimum absolute atomic E-state index is 0.137. The maximum absolute atomic E-state index is 12.7. The fourth-order valence-corrected chi connectivity index (χ4v) is 2.71. The number of ether oxygens (including phenoxy) is 1. The Hall–Kier alpha value is -3.07. The van der Waals surface area contributed by atoms with E-state index in [2.05, 4.69) is 12.2 Å². The van der Waals surface area contributed by atoms with E-state index in [1.165, 1.54) is 0 Å². The van der Waals surface area contributed by atoms with E-state index in [1.54, 1.807) is 12.1 Å². The van der Waals surface area contributed by atoms with Crippen LogP contribution in [0.15, 0.2) is 72.8 Å². The van der Waals surface area contributed by atoms with Gasteiger partial charge in [-0.2, -0.15) is 0 Å². The molecule has 1 N–H and O–H groups in total. The molecule has 0 heterocycles. The summed E-state index contributed by atoms with van der Waals surface area (Å²) in [5.74, 6) is 1.24. The number of carbonyl (C=O) groups is 1. The molecule has 0 radical (unpaired) electrons. The van der Waals surface area contributed by atoms with Gasteiger partial charge in [0.05, 0.1) is 0 Å². The lowest BCUT2D eigenvalue weighted by molar-refractivity contribution is 0.102.